The summed E-state index contributed by atoms with van der Waals surface area (Å²) < 4.78 is 0. The van der Waals surface area contributed by atoms with E-state index in [0.29, 0.717) is 33.9 Å². The second-order valence-electron chi connectivity index (χ2n) is 6.48. The van der Waals surface area contributed by atoms with Crippen LogP contribution in [0.2, 0.25) is 0 Å². The lowest BCUT2D eigenvalue weighted by molar-refractivity contribution is -0.117. The van der Waals surface area contributed by atoms with Gasteiger partial charge in [-0.05, 0) is 63.4 Å². The average molecular weight is 339 g/mol. The number of ketones is 1. The zero-order valence-corrected chi connectivity index (χ0v) is 14.5. The number of carbonyl (C=O) groups excluding carboxylic acids is 3. The summed E-state index contributed by atoms with van der Waals surface area (Å²) in [5, 5.41) is 5.65. The van der Waals surface area contributed by atoms with E-state index < -0.39 is 0 Å². The molecule has 130 valence electrons. The molecule has 0 radical (unpaired) electrons. The number of hydrogen-bond acceptors (Lipinski definition) is 3. The molecule has 2 amide bonds. The van der Waals surface area contributed by atoms with Gasteiger partial charge in [0.2, 0.25) is 5.91 Å². The van der Waals surface area contributed by atoms with Gasteiger partial charge < -0.3 is 15.6 Å². The molecular formula is C19H21N3O3. The van der Waals surface area contributed by atoms with Crippen molar-refractivity contribution in [2.24, 2.45) is 5.92 Å². The summed E-state index contributed by atoms with van der Waals surface area (Å²) in [5.74, 6) is -0.177. The van der Waals surface area contributed by atoms with Gasteiger partial charge in [0.1, 0.15) is 5.69 Å². The molecule has 1 aromatic heterocycles. The average Bonchev–Trinajstić information content (AvgIpc) is 3.34. The lowest BCUT2D eigenvalue weighted by atomic mass is 10.1. The van der Waals surface area contributed by atoms with E-state index in [1.54, 1.807) is 38.1 Å². The molecule has 0 spiro atoms. The quantitative estimate of drug-likeness (QED) is 0.729. The molecule has 3 rings (SSSR count). The van der Waals surface area contributed by atoms with Crippen LogP contribution in [0.1, 0.15) is 51.9 Å². The van der Waals surface area contributed by atoms with Gasteiger partial charge in [0.05, 0.1) is 0 Å². The minimum absolute atomic E-state index is 0.0473. The Labute approximate surface area is 146 Å². The second kappa shape index (κ2) is 6.55. The Morgan fingerprint density at radius 3 is 2.04 bits per heavy atom. The summed E-state index contributed by atoms with van der Waals surface area (Å²) in [7, 11) is 0. The van der Waals surface area contributed by atoms with Crippen LogP contribution < -0.4 is 10.6 Å². The van der Waals surface area contributed by atoms with Gasteiger partial charge in [-0.2, -0.15) is 0 Å². The van der Waals surface area contributed by atoms with Crippen molar-refractivity contribution in [3.8, 4) is 0 Å². The molecule has 0 aliphatic heterocycles. The van der Waals surface area contributed by atoms with Crippen LogP contribution in [0.4, 0.5) is 11.4 Å². The number of H-pyrrole nitrogens is 1. The van der Waals surface area contributed by atoms with Crippen LogP contribution in [0.15, 0.2) is 24.3 Å². The number of anilines is 2. The normalized spacial score (nSPS) is 13.4. The highest BCUT2D eigenvalue weighted by Gasteiger charge is 2.29. The number of Topliss-reactive ketones (excluding diaryl/α,β-unsaturated/α-hetero) is 1. The minimum Gasteiger partial charge on any atom is -0.354 e. The van der Waals surface area contributed by atoms with Crippen LogP contribution in [0.25, 0.3) is 0 Å². The van der Waals surface area contributed by atoms with Crippen molar-refractivity contribution >= 4 is 29.0 Å². The third kappa shape index (κ3) is 3.63. The summed E-state index contributed by atoms with van der Waals surface area (Å²) >= 11 is 0. The molecule has 1 aliphatic rings. The van der Waals surface area contributed by atoms with Crippen molar-refractivity contribution in [3.05, 3.63) is 46.8 Å². The molecule has 1 heterocycles. The maximum absolute atomic E-state index is 12.5. The molecular weight excluding hydrogens is 318 g/mol. The number of nitrogens with one attached hydrogen (secondary N) is 3. The lowest BCUT2D eigenvalue weighted by Crippen LogP contribution is -2.15. The van der Waals surface area contributed by atoms with Crippen molar-refractivity contribution < 1.29 is 14.4 Å². The molecule has 1 saturated carbocycles. The Morgan fingerprint density at radius 1 is 1.00 bits per heavy atom. The third-order valence-electron chi connectivity index (χ3n) is 4.38. The van der Waals surface area contributed by atoms with E-state index in [0.717, 1.165) is 12.8 Å². The van der Waals surface area contributed by atoms with Crippen molar-refractivity contribution in [1.82, 2.24) is 4.98 Å². The topological polar surface area (TPSA) is 91.1 Å². The third-order valence-corrected chi connectivity index (χ3v) is 4.38. The predicted molar refractivity (Wildman–Crippen MR) is 96.0 cm³/mol. The molecule has 25 heavy (non-hydrogen) atoms. The monoisotopic (exact) mass is 339 g/mol. The molecule has 0 atom stereocenters. The van der Waals surface area contributed by atoms with E-state index in [1.807, 2.05) is 0 Å². The Kier molecular flexibility index (Phi) is 4.44. The second-order valence-corrected chi connectivity index (χ2v) is 6.48. The Morgan fingerprint density at radius 2 is 1.56 bits per heavy atom. The first-order chi connectivity index (χ1) is 11.9. The van der Waals surface area contributed by atoms with E-state index in [-0.39, 0.29) is 23.5 Å². The van der Waals surface area contributed by atoms with Crippen molar-refractivity contribution in [1.29, 1.82) is 0 Å². The molecule has 0 bridgehead atoms. The van der Waals surface area contributed by atoms with Gasteiger partial charge in [-0.1, -0.05) is 0 Å². The number of benzene rings is 1. The fraction of sp³-hybridized carbons (Fsp3) is 0.316. The van der Waals surface area contributed by atoms with E-state index in [1.165, 1.54) is 6.92 Å². The maximum atomic E-state index is 12.5. The molecule has 0 saturated heterocycles. The zero-order chi connectivity index (χ0) is 18.1. The van der Waals surface area contributed by atoms with Crippen LogP contribution in [-0.2, 0) is 4.79 Å². The number of rotatable bonds is 5. The van der Waals surface area contributed by atoms with E-state index >= 15 is 0 Å². The number of aromatic amines is 1. The fourth-order valence-corrected chi connectivity index (χ4v) is 2.93. The first kappa shape index (κ1) is 17.0. The number of hydrogen-bond donors (Lipinski definition) is 3. The van der Waals surface area contributed by atoms with E-state index in [9.17, 15) is 14.4 Å². The standard InChI is InChI=1S/C19H21N3O3/c1-10-16(12(3)23)11(2)20-17(10)19(25)22-15-8-6-14(7-9-15)21-18(24)13-4-5-13/h6-9,13,20H,4-5H2,1-3H3,(H,21,24)(H,22,25). The predicted octanol–water partition coefficient (Wildman–Crippen LogP) is 3.43. The molecule has 6 heteroatoms. The van der Waals surface area contributed by atoms with Crippen molar-refractivity contribution in [2.75, 3.05) is 10.6 Å². The number of carbonyl (C=O) groups is 3. The smallest absolute Gasteiger partial charge is 0.272 e. The molecule has 1 aliphatic carbocycles. The Balaban J connectivity index is 1.69. The molecule has 1 aromatic carbocycles. The highest BCUT2D eigenvalue weighted by molar-refractivity contribution is 6.07. The molecule has 2 aromatic rings. The van der Waals surface area contributed by atoms with Crippen LogP contribution in [0.3, 0.4) is 0 Å². The van der Waals surface area contributed by atoms with Gasteiger partial charge in [0.25, 0.3) is 5.91 Å². The fourth-order valence-electron chi connectivity index (χ4n) is 2.93. The summed E-state index contributed by atoms with van der Waals surface area (Å²) in [6, 6.07) is 6.97. The summed E-state index contributed by atoms with van der Waals surface area (Å²) in [6.45, 7) is 5.02. The molecule has 6 nitrogen and oxygen atoms in total. The van der Waals surface area contributed by atoms with Crippen LogP contribution >= 0.6 is 0 Å². The van der Waals surface area contributed by atoms with Crippen molar-refractivity contribution in [3.63, 3.8) is 0 Å². The van der Waals surface area contributed by atoms with Gasteiger partial charge in [-0.15, -0.1) is 0 Å². The van der Waals surface area contributed by atoms with Gasteiger partial charge in [-0.3, -0.25) is 14.4 Å². The van der Waals surface area contributed by atoms with Crippen LogP contribution in [0.5, 0.6) is 0 Å². The summed E-state index contributed by atoms with van der Waals surface area (Å²) in [6.07, 6.45) is 1.91. The maximum Gasteiger partial charge on any atom is 0.272 e. The van der Waals surface area contributed by atoms with E-state index in [2.05, 4.69) is 15.6 Å². The first-order valence-corrected chi connectivity index (χ1v) is 8.29. The van der Waals surface area contributed by atoms with Gasteiger partial charge in [0, 0.05) is 28.6 Å². The first-order valence-electron chi connectivity index (χ1n) is 8.29. The van der Waals surface area contributed by atoms with Gasteiger partial charge in [-0.25, -0.2) is 0 Å². The van der Waals surface area contributed by atoms with Crippen LogP contribution in [0, 0.1) is 19.8 Å². The number of aromatic nitrogens is 1. The van der Waals surface area contributed by atoms with Crippen LogP contribution in [-0.4, -0.2) is 22.6 Å². The SMILES string of the molecule is CC(=O)c1c(C)[nH]c(C(=O)Nc2ccc(NC(=O)C3CC3)cc2)c1C. The minimum atomic E-state index is -0.303. The Hall–Kier alpha value is -2.89. The lowest BCUT2D eigenvalue weighted by Gasteiger charge is -2.08. The molecule has 0 unspecified atom stereocenters. The number of aryl methyl sites for hydroxylation is 1. The Bertz CT molecular complexity index is 846. The van der Waals surface area contributed by atoms with Gasteiger partial charge in [0.15, 0.2) is 5.78 Å². The number of amides is 2. The molecule has 3 N–H and O–H groups in total. The summed E-state index contributed by atoms with van der Waals surface area (Å²) in [5.41, 5.74) is 3.60. The highest BCUT2D eigenvalue weighted by Crippen LogP contribution is 2.30. The van der Waals surface area contributed by atoms with Gasteiger partial charge >= 0.3 is 0 Å². The van der Waals surface area contributed by atoms with Crippen molar-refractivity contribution in [2.45, 2.75) is 33.6 Å². The largest absolute Gasteiger partial charge is 0.354 e. The zero-order valence-electron chi connectivity index (χ0n) is 14.5. The highest BCUT2D eigenvalue weighted by atomic mass is 16.2. The van der Waals surface area contributed by atoms with E-state index in [4.69, 9.17) is 0 Å². The summed E-state index contributed by atoms with van der Waals surface area (Å²) in [4.78, 5) is 38.9. The molecule has 1 fully saturated rings.